The number of H-pyrrole nitrogens is 1. The molecule has 1 aromatic heterocycles. The zero-order valence-electron chi connectivity index (χ0n) is 6.77. The third-order valence-corrected chi connectivity index (χ3v) is 2.37. The van der Waals surface area contributed by atoms with Crippen molar-refractivity contribution < 1.29 is 4.79 Å². The summed E-state index contributed by atoms with van der Waals surface area (Å²) >= 11 is 1.90. The Labute approximate surface area is 83.3 Å². The van der Waals surface area contributed by atoms with Gasteiger partial charge in [-0.15, -0.1) is 0 Å². The van der Waals surface area contributed by atoms with E-state index in [2.05, 4.69) is 4.98 Å². The number of pyridine rings is 1. The van der Waals surface area contributed by atoms with Gasteiger partial charge in [0.15, 0.2) is 5.78 Å². The minimum Gasteiger partial charge on any atom is -0.325 e. The van der Waals surface area contributed by atoms with Gasteiger partial charge in [0.1, 0.15) is 0 Å². The molecule has 0 amide bonds. The van der Waals surface area contributed by atoms with Crippen LogP contribution in [0.25, 0.3) is 0 Å². The molecule has 64 valence electrons. The number of halogens is 1. The molecule has 12 heavy (non-hydrogen) atoms. The molecular weight excluding hydrogens is 269 g/mol. The lowest BCUT2D eigenvalue weighted by molar-refractivity contribution is 0.101. The summed E-state index contributed by atoms with van der Waals surface area (Å²) in [7, 11) is 0. The maximum Gasteiger partial charge on any atom is 0.261 e. The van der Waals surface area contributed by atoms with Gasteiger partial charge in [-0.05, 0) is 42.5 Å². The van der Waals surface area contributed by atoms with Crippen molar-refractivity contribution in [2.24, 2.45) is 0 Å². The molecule has 1 rings (SSSR count). The first-order valence-electron chi connectivity index (χ1n) is 3.42. The highest BCUT2D eigenvalue weighted by atomic mass is 127. The molecular formula is C8H8INO2. The average molecular weight is 277 g/mol. The van der Waals surface area contributed by atoms with Crippen LogP contribution in [0.4, 0.5) is 0 Å². The molecule has 0 fully saturated rings. The zero-order chi connectivity index (χ0) is 9.30. The van der Waals surface area contributed by atoms with E-state index < -0.39 is 0 Å². The van der Waals surface area contributed by atoms with Crippen LogP contribution >= 0.6 is 22.6 Å². The summed E-state index contributed by atoms with van der Waals surface area (Å²) in [5, 5.41) is 0. The number of hydrogen-bond acceptors (Lipinski definition) is 2. The van der Waals surface area contributed by atoms with Crippen molar-refractivity contribution in [3.63, 3.8) is 0 Å². The van der Waals surface area contributed by atoms with Gasteiger partial charge in [0.25, 0.3) is 5.56 Å². The Kier molecular flexibility index (Phi) is 2.66. The SMILES string of the molecule is CC(=O)c1cc(I)c(=O)[nH]c1C. The summed E-state index contributed by atoms with van der Waals surface area (Å²) in [4.78, 5) is 24.6. The van der Waals surface area contributed by atoms with E-state index in [1.165, 1.54) is 6.92 Å². The van der Waals surface area contributed by atoms with Gasteiger partial charge in [-0.25, -0.2) is 0 Å². The van der Waals surface area contributed by atoms with Crippen molar-refractivity contribution in [3.05, 3.63) is 31.2 Å². The van der Waals surface area contributed by atoms with E-state index in [1.54, 1.807) is 13.0 Å². The Morgan fingerprint density at radius 2 is 2.17 bits per heavy atom. The molecule has 0 aliphatic heterocycles. The fraction of sp³-hybridized carbons (Fsp3) is 0.250. The van der Waals surface area contributed by atoms with Gasteiger partial charge < -0.3 is 4.98 Å². The third-order valence-electron chi connectivity index (χ3n) is 1.57. The zero-order valence-corrected chi connectivity index (χ0v) is 8.93. The van der Waals surface area contributed by atoms with E-state index in [0.29, 0.717) is 14.8 Å². The number of rotatable bonds is 1. The molecule has 1 N–H and O–H groups in total. The summed E-state index contributed by atoms with van der Waals surface area (Å²) in [5.74, 6) is -0.0262. The molecule has 0 bridgehead atoms. The van der Waals surface area contributed by atoms with Crippen molar-refractivity contribution in [2.75, 3.05) is 0 Å². The van der Waals surface area contributed by atoms with Crippen LogP contribution in [0.1, 0.15) is 23.0 Å². The van der Waals surface area contributed by atoms with Crippen LogP contribution in [0.15, 0.2) is 10.9 Å². The number of aromatic amines is 1. The van der Waals surface area contributed by atoms with E-state index in [9.17, 15) is 9.59 Å². The lowest BCUT2D eigenvalue weighted by atomic mass is 10.1. The second-order valence-electron chi connectivity index (χ2n) is 2.54. The van der Waals surface area contributed by atoms with E-state index in [1.807, 2.05) is 22.6 Å². The number of aromatic nitrogens is 1. The predicted octanol–water partition coefficient (Wildman–Crippen LogP) is 1.49. The molecule has 1 heterocycles. The van der Waals surface area contributed by atoms with Crippen LogP contribution in [0.2, 0.25) is 0 Å². The molecule has 0 aromatic carbocycles. The predicted molar refractivity (Wildman–Crippen MR) is 54.5 cm³/mol. The Morgan fingerprint density at radius 1 is 1.58 bits per heavy atom. The number of nitrogens with one attached hydrogen (secondary N) is 1. The molecule has 0 saturated heterocycles. The standard InChI is InChI=1S/C8H8INO2/c1-4-6(5(2)11)3-7(9)8(12)10-4/h3H,1-2H3,(H,10,12). The summed E-state index contributed by atoms with van der Waals surface area (Å²) in [5.41, 5.74) is 1.07. The fourth-order valence-electron chi connectivity index (χ4n) is 0.964. The van der Waals surface area contributed by atoms with Crippen molar-refractivity contribution >= 4 is 28.4 Å². The molecule has 0 spiro atoms. The Bertz CT molecular complexity index is 381. The number of ketones is 1. The Morgan fingerprint density at radius 3 is 2.67 bits per heavy atom. The van der Waals surface area contributed by atoms with Gasteiger partial charge in [0.05, 0.1) is 3.57 Å². The summed E-state index contributed by atoms with van der Waals surface area (Å²) in [6.45, 7) is 3.20. The van der Waals surface area contributed by atoms with Gasteiger partial charge in [0, 0.05) is 11.3 Å². The first-order valence-corrected chi connectivity index (χ1v) is 4.50. The smallest absolute Gasteiger partial charge is 0.261 e. The number of aryl methyl sites for hydroxylation is 1. The quantitative estimate of drug-likeness (QED) is 0.624. The average Bonchev–Trinajstić information content (AvgIpc) is 1.96. The van der Waals surface area contributed by atoms with Gasteiger partial charge in [-0.2, -0.15) is 0 Å². The van der Waals surface area contributed by atoms with Crippen LogP contribution < -0.4 is 5.56 Å². The molecule has 0 aliphatic rings. The minimum absolute atomic E-state index is 0.0262. The van der Waals surface area contributed by atoms with Crippen LogP contribution in [-0.4, -0.2) is 10.8 Å². The topological polar surface area (TPSA) is 49.9 Å². The van der Waals surface area contributed by atoms with E-state index >= 15 is 0 Å². The van der Waals surface area contributed by atoms with Crippen molar-refractivity contribution in [1.29, 1.82) is 0 Å². The van der Waals surface area contributed by atoms with E-state index in [0.717, 1.165) is 0 Å². The third kappa shape index (κ3) is 1.74. The van der Waals surface area contributed by atoms with Gasteiger partial charge in [-0.1, -0.05) is 0 Å². The Hall–Kier alpha value is -0.650. The molecule has 4 heteroatoms. The second-order valence-corrected chi connectivity index (χ2v) is 3.70. The number of carbonyl (C=O) groups is 1. The number of carbonyl (C=O) groups excluding carboxylic acids is 1. The molecule has 1 aromatic rings. The van der Waals surface area contributed by atoms with Crippen LogP contribution in [-0.2, 0) is 0 Å². The lowest BCUT2D eigenvalue weighted by Gasteiger charge is -2.00. The first kappa shape index (κ1) is 9.44. The second kappa shape index (κ2) is 3.38. The summed E-state index contributed by atoms with van der Waals surface area (Å²) in [6, 6.07) is 1.61. The Balaban J connectivity index is 3.43. The number of hydrogen-bond donors (Lipinski definition) is 1. The van der Waals surface area contributed by atoms with E-state index in [4.69, 9.17) is 0 Å². The molecule has 0 saturated carbocycles. The molecule has 0 unspecified atom stereocenters. The molecule has 0 aliphatic carbocycles. The maximum absolute atomic E-state index is 11.0. The summed E-state index contributed by atoms with van der Waals surface area (Å²) < 4.78 is 0.545. The normalized spacial score (nSPS) is 9.92. The first-order chi connectivity index (χ1) is 5.52. The van der Waals surface area contributed by atoms with Gasteiger partial charge >= 0.3 is 0 Å². The molecule has 0 radical (unpaired) electrons. The van der Waals surface area contributed by atoms with Crippen LogP contribution in [0.3, 0.4) is 0 Å². The van der Waals surface area contributed by atoms with Crippen molar-refractivity contribution in [1.82, 2.24) is 4.98 Å². The van der Waals surface area contributed by atoms with Gasteiger partial charge in [0.2, 0.25) is 0 Å². The number of Topliss-reactive ketones (excluding diaryl/α,β-unsaturated/α-hetero) is 1. The largest absolute Gasteiger partial charge is 0.325 e. The minimum atomic E-state index is -0.141. The summed E-state index contributed by atoms with van der Waals surface area (Å²) in [6.07, 6.45) is 0. The van der Waals surface area contributed by atoms with Crippen LogP contribution in [0.5, 0.6) is 0 Å². The fourth-order valence-corrected chi connectivity index (χ4v) is 1.41. The van der Waals surface area contributed by atoms with Gasteiger partial charge in [-0.3, -0.25) is 9.59 Å². The van der Waals surface area contributed by atoms with E-state index in [-0.39, 0.29) is 11.3 Å². The highest BCUT2D eigenvalue weighted by molar-refractivity contribution is 14.1. The lowest BCUT2D eigenvalue weighted by Crippen LogP contribution is -2.14. The van der Waals surface area contributed by atoms with Crippen molar-refractivity contribution in [2.45, 2.75) is 13.8 Å². The highest BCUT2D eigenvalue weighted by Crippen LogP contribution is 2.06. The highest BCUT2D eigenvalue weighted by Gasteiger charge is 2.06. The van der Waals surface area contributed by atoms with Crippen LogP contribution in [0, 0.1) is 10.5 Å². The maximum atomic E-state index is 11.0. The monoisotopic (exact) mass is 277 g/mol. The molecule has 0 atom stereocenters. The van der Waals surface area contributed by atoms with Crippen molar-refractivity contribution in [3.8, 4) is 0 Å². The molecule has 3 nitrogen and oxygen atoms in total.